The number of benzene rings is 1. The van der Waals surface area contributed by atoms with Crippen LogP contribution in [-0.4, -0.2) is 72.4 Å². The fourth-order valence-electron chi connectivity index (χ4n) is 3.73. The highest BCUT2D eigenvalue weighted by Gasteiger charge is 2.24. The summed E-state index contributed by atoms with van der Waals surface area (Å²) in [6.45, 7) is 4.08. The number of piperazine rings is 1. The molecule has 25 heavy (non-hydrogen) atoms. The molecule has 0 aromatic heterocycles. The summed E-state index contributed by atoms with van der Waals surface area (Å²) in [5.74, 6) is 0.0985. The van der Waals surface area contributed by atoms with Crippen molar-refractivity contribution in [2.75, 3.05) is 39.3 Å². The number of rotatable bonds is 6. The number of amides is 1. The van der Waals surface area contributed by atoms with Crippen LogP contribution in [0.2, 0.25) is 0 Å². The van der Waals surface area contributed by atoms with Gasteiger partial charge in [0.25, 0.3) is 5.91 Å². The molecule has 1 unspecified atom stereocenters. The topological polar surface area (TPSA) is 53.0 Å². The molecule has 1 amide bonds. The van der Waals surface area contributed by atoms with E-state index < -0.39 is 6.10 Å². The van der Waals surface area contributed by atoms with Crippen LogP contribution in [0.4, 0.5) is 0 Å². The van der Waals surface area contributed by atoms with Crippen molar-refractivity contribution in [3.63, 3.8) is 0 Å². The number of ether oxygens (including phenoxy) is 1. The first-order chi connectivity index (χ1) is 12.2. The smallest absolute Gasteiger partial charge is 0.253 e. The Morgan fingerprint density at radius 1 is 1.08 bits per heavy atom. The van der Waals surface area contributed by atoms with E-state index in [-0.39, 0.29) is 5.91 Å². The summed E-state index contributed by atoms with van der Waals surface area (Å²) < 4.78 is 5.86. The molecule has 0 bridgehead atoms. The van der Waals surface area contributed by atoms with E-state index in [1.54, 1.807) is 0 Å². The van der Waals surface area contributed by atoms with Gasteiger partial charge in [-0.3, -0.25) is 9.69 Å². The summed E-state index contributed by atoms with van der Waals surface area (Å²) in [5, 5.41) is 10.2. The van der Waals surface area contributed by atoms with E-state index in [9.17, 15) is 9.90 Å². The first-order valence-electron chi connectivity index (χ1n) is 9.59. The van der Waals surface area contributed by atoms with Gasteiger partial charge in [-0.15, -0.1) is 0 Å². The van der Waals surface area contributed by atoms with E-state index in [1.165, 1.54) is 19.3 Å². The van der Waals surface area contributed by atoms with Gasteiger partial charge in [-0.05, 0) is 25.0 Å². The van der Waals surface area contributed by atoms with Crippen LogP contribution in [0.15, 0.2) is 30.3 Å². The third-order valence-corrected chi connectivity index (χ3v) is 5.23. The van der Waals surface area contributed by atoms with Gasteiger partial charge in [-0.25, -0.2) is 0 Å². The second-order valence-corrected chi connectivity index (χ2v) is 7.21. The minimum absolute atomic E-state index is 0.0985. The molecule has 2 aliphatic rings. The van der Waals surface area contributed by atoms with Gasteiger partial charge >= 0.3 is 0 Å². The van der Waals surface area contributed by atoms with E-state index in [0.29, 0.717) is 32.3 Å². The fourth-order valence-corrected chi connectivity index (χ4v) is 3.73. The van der Waals surface area contributed by atoms with Crippen molar-refractivity contribution in [2.24, 2.45) is 0 Å². The Morgan fingerprint density at radius 2 is 1.76 bits per heavy atom. The monoisotopic (exact) mass is 346 g/mol. The number of nitrogens with zero attached hydrogens (tertiary/aromatic N) is 2. The molecule has 2 fully saturated rings. The number of carbonyl (C=O) groups is 1. The Morgan fingerprint density at radius 3 is 2.44 bits per heavy atom. The molecule has 1 saturated carbocycles. The Labute approximate surface area is 150 Å². The number of aliphatic hydroxyl groups excluding tert-OH is 1. The molecule has 1 aliphatic heterocycles. The summed E-state index contributed by atoms with van der Waals surface area (Å²) in [4.78, 5) is 16.6. The Kier molecular flexibility index (Phi) is 6.84. The highest BCUT2D eigenvalue weighted by Crippen LogP contribution is 2.20. The lowest BCUT2D eigenvalue weighted by Gasteiger charge is -2.35. The maximum Gasteiger partial charge on any atom is 0.253 e. The standard InChI is InChI=1S/C20H30N2O3/c23-18(16-25-19-9-5-2-6-10-19)15-21-11-13-22(14-12-21)20(24)17-7-3-1-4-8-17/h1,3-4,7-8,18-19,23H,2,5-6,9-16H2. The maximum absolute atomic E-state index is 12.4. The van der Waals surface area contributed by atoms with Crippen LogP contribution in [-0.2, 0) is 4.74 Å². The lowest BCUT2D eigenvalue weighted by Crippen LogP contribution is -2.50. The van der Waals surface area contributed by atoms with Gasteiger partial charge in [0, 0.05) is 38.3 Å². The van der Waals surface area contributed by atoms with Gasteiger partial charge in [0.15, 0.2) is 0 Å². The van der Waals surface area contributed by atoms with Gasteiger partial charge < -0.3 is 14.7 Å². The van der Waals surface area contributed by atoms with Gasteiger partial charge in [0.2, 0.25) is 0 Å². The molecule has 1 heterocycles. The molecule has 3 rings (SSSR count). The Balaban J connectivity index is 1.36. The SMILES string of the molecule is O=C(c1ccccc1)N1CCN(CC(O)COC2CCCCC2)CC1. The third-order valence-electron chi connectivity index (χ3n) is 5.23. The van der Waals surface area contributed by atoms with Crippen molar-refractivity contribution < 1.29 is 14.6 Å². The molecule has 5 heteroatoms. The maximum atomic E-state index is 12.4. The van der Waals surface area contributed by atoms with Crippen LogP contribution < -0.4 is 0 Å². The van der Waals surface area contributed by atoms with Crippen LogP contribution in [0.5, 0.6) is 0 Å². The van der Waals surface area contributed by atoms with Crippen molar-refractivity contribution in [3.8, 4) is 0 Å². The molecule has 1 aromatic rings. The van der Waals surface area contributed by atoms with Gasteiger partial charge in [-0.2, -0.15) is 0 Å². The van der Waals surface area contributed by atoms with Gasteiger partial charge in [-0.1, -0.05) is 37.5 Å². The second-order valence-electron chi connectivity index (χ2n) is 7.21. The molecule has 1 aliphatic carbocycles. The zero-order chi connectivity index (χ0) is 17.5. The largest absolute Gasteiger partial charge is 0.389 e. The number of hydrogen-bond donors (Lipinski definition) is 1. The molecular formula is C20H30N2O3. The minimum Gasteiger partial charge on any atom is -0.389 e. The normalized spacial score (nSPS) is 21.2. The Hall–Kier alpha value is -1.43. The molecule has 1 aromatic carbocycles. The zero-order valence-corrected chi connectivity index (χ0v) is 15.0. The van der Waals surface area contributed by atoms with E-state index in [2.05, 4.69) is 4.90 Å². The van der Waals surface area contributed by atoms with E-state index in [1.807, 2.05) is 35.2 Å². The zero-order valence-electron chi connectivity index (χ0n) is 15.0. The summed E-state index contributed by atoms with van der Waals surface area (Å²) in [6, 6.07) is 9.44. The van der Waals surface area contributed by atoms with Crippen molar-refractivity contribution in [1.82, 2.24) is 9.80 Å². The lowest BCUT2D eigenvalue weighted by molar-refractivity contribution is -0.0363. The van der Waals surface area contributed by atoms with Crippen molar-refractivity contribution in [2.45, 2.75) is 44.3 Å². The summed E-state index contributed by atoms with van der Waals surface area (Å²) in [7, 11) is 0. The molecule has 1 atom stereocenters. The average Bonchev–Trinajstić information content (AvgIpc) is 2.68. The molecular weight excluding hydrogens is 316 g/mol. The molecule has 0 spiro atoms. The average molecular weight is 346 g/mol. The quantitative estimate of drug-likeness (QED) is 0.858. The number of β-amino-alcohol motifs (C(OH)–C–C–N with tert-alkyl or cyclic N) is 1. The van der Waals surface area contributed by atoms with E-state index in [4.69, 9.17) is 4.74 Å². The molecule has 1 N–H and O–H groups in total. The highest BCUT2D eigenvalue weighted by atomic mass is 16.5. The second kappa shape index (κ2) is 9.32. The van der Waals surface area contributed by atoms with Crippen molar-refractivity contribution >= 4 is 5.91 Å². The van der Waals surface area contributed by atoms with Crippen LogP contribution >= 0.6 is 0 Å². The molecule has 138 valence electrons. The Bertz CT molecular complexity index is 523. The number of carbonyl (C=O) groups excluding carboxylic acids is 1. The van der Waals surface area contributed by atoms with E-state index in [0.717, 1.165) is 31.5 Å². The highest BCUT2D eigenvalue weighted by molar-refractivity contribution is 5.94. The number of aliphatic hydroxyl groups is 1. The predicted molar refractivity (Wildman–Crippen MR) is 97.6 cm³/mol. The van der Waals surface area contributed by atoms with Gasteiger partial charge in [0.1, 0.15) is 0 Å². The fraction of sp³-hybridized carbons (Fsp3) is 0.650. The molecule has 0 radical (unpaired) electrons. The van der Waals surface area contributed by atoms with Crippen molar-refractivity contribution in [3.05, 3.63) is 35.9 Å². The first-order valence-corrected chi connectivity index (χ1v) is 9.59. The molecule has 1 saturated heterocycles. The minimum atomic E-state index is -0.446. The summed E-state index contributed by atoms with van der Waals surface area (Å²) in [5.41, 5.74) is 0.747. The summed E-state index contributed by atoms with van der Waals surface area (Å²) in [6.07, 6.45) is 5.96. The van der Waals surface area contributed by atoms with Crippen LogP contribution in [0.3, 0.4) is 0 Å². The van der Waals surface area contributed by atoms with Crippen LogP contribution in [0.25, 0.3) is 0 Å². The lowest BCUT2D eigenvalue weighted by atomic mass is 9.98. The van der Waals surface area contributed by atoms with Gasteiger partial charge in [0.05, 0.1) is 18.8 Å². The predicted octanol–water partition coefficient (Wildman–Crippen LogP) is 2.15. The van der Waals surface area contributed by atoms with Crippen molar-refractivity contribution in [1.29, 1.82) is 0 Å². The number of hydrogen-bond acceptors (Lipinski definition) is 4. The summed E-state index contributed by atoms with van der Waals surface area (Å²) >= 11 is 0. The van der Waals surface area contributed by atoms with E-state index >= 15 is 0 Å². The third kappa shape index (κ3) is 5.53. The van der Waals surface area contributed by atoms with Crippen LogP contribution in [0, 0.1) is 0 Å². The first kappa shape index (κ1) is 18.4. The molecule has 5 nitrogen and oxygen atoms in total. The van der Waals surface area contributed by atoms with Crippen LogP contribution in [0.1, 0.15) is 42.5 Å².